The molecule has 1 aromatic carbocycles. The number of hydrogen-bond acceptors (Lipinski definition) is 3. The highest BCUT2D eigenvalue weighted by atomic mass is 35.5. The number of aliphatic hydroxyl groups excluding tert-OH is 1. The fourth-order valence-corrected chi connectivity index (χ4v) is 4.14. The summed E-state index contributed by atoms with van der Waals surface area (Å²) in [4.78, 5) is 3.78. The lowest BCUT2D eigenvalue weighted by molar-refractivity contribution is 0.0570. The van der Waals surface area contributed by atoms with Gasteiger partial charge in [0.15, 0.2) is 0 Å². The van der Waals surface area contributed by atoms with Crippen LogP contribution in [0.25, 0.3) is 0 Å². The van der Waals surface area contributed by atoms with Gasteiger partial charge < -0.3 is 5.11 Å². The van der Waals surface area contributed by atoms with Gasteiger partial charge >= 0.3 is 0 Å². The summed E-state index contributed by atoms with van der Waals surface area (Å²) in [5, 5.41) is 10.5. The maximum atomic E-state index is 10.5. The molecule has 21 heavy (non-hydrogen) atoms. The Balaban J connectivity index is 1.53. The van der Waals surface area contributed by atoms with E-state index < -0.39 is 0 Å². The Morgan fingerprint density at radius 2 is 1.86 bits per heavy atom. The van der Waals surface area contributed by atoms with Crippen molar-refractivity contribution in [1.29, 1.82) is 0 Å². The number of nitrogens with zero attached hydrogens (tertiary/aromatic N) is 1. The van der Waals surface area contributed by atoms with Crippen molar-refractivity contribution in [2.45, 2.75) is 25.5 Å². The van der Waals surface area contributed by atoms with Gasteiger partial charge in [-0.3, -0.25) is 4.90 Å². The van der Waals surface area contributed by atoms with Crippen LogP contribution in [0, 0.1) is 5.92 Å². The van der Waals surface area contributed by atoms with Crippen LogP contribution in [-0.4, -0.2) is 23.1 Å². The van der Waals surface area contributed by atoms with Crippen molar-refractivity contribution in [2.24, 2.45) is 5.92 Å². The number of piperidine rings is 1. The molecule has 1 unspecified atom stereocenters. The van der Waals surface area contributed by atoms with E-state index in [1.165, 1.54) is 4.88 Å². The van der Waals surface area contributed by atoms with Gasteiger partial charge in [0, 0.05) is 11.4 Å². The molecule has 0 aliphatic carbocycles. The zero-order valence-electron chi connectivity index (χ0n) is 11.9. The lowest BCUT2D eigenvalue weighted by Crippen LogP contribution is -2.35. The summed E-state index contributed by atoms with van der Waals surface area (Å²) < 4.78 is 0.861. The van der Waals surface area contributed by atoms with Gasteiger partial charge in [0.1, 0.15) is 0 Å². The van der Waals surface area contributed by atoms with Crippen molar-refractivity contribution >= 4 is 22.9 Å². The van der Waals surface area contributed by atoms with Gasteiger partial charge in [-0.1, -0.05) is 41.9 Å². The largest absolute Gasteiger partial charge is 0.388 e. The minimum absolute atomic E-state index is 0.329. The van der Waals surface area contributed by atoms with Gasteiger partial charge in [-0.2, -0.15) is 0 Å². The average molecular weight is 322 g/mol. The van der Waals surface area contributed by atoms with Crippen molar-refractivity contribution in [1.82, 2.24) is 4.90 Å². The molecule has 0 spiro atoms. The van der Waals surface area contributed by atoms with Crippen LogP contribution in [0.15, 0.2) is 42.5 Å². The van der Waals surface area contributed by atoms with Crippen LogP contribution in [0.5, 0.6) is 0 Å². The molecule has 0 amide bonds. The molecule has 1 fully saturated rings. The minimum atomic E-state index is -0.329. The molecule has 0 bridgehead atoms. The third-order valence-corrected chi connectivity index (χ3v) is 5.44. The first-order valence-corrected chi connectivity index (χ1v) is 8.61. The molecule has 2 heterocycles. The Morgan fingerprint density at radius 3 is 2.48 bits per heavy atom. The molecule has 2 nitrogen and oxygen atoms in total. The van der Waals surface area contributed by atoms with E-state index in [4.69, 9.17) is 11.6 Å². The van der Waals surface area contributed by atoms with Gasteiger partial charge in [0.05, 0.1) is 10.4 Å². The molecule has 2 aromatic rings. The molecule has 0 radical (unpaired) electrons. The first-order chi connectivity index (χ1) is 10.2. The smallest absolute Gasteiger partial charge is 0.0931 e. The molecule has 1 N–H and O–H groups in total. The second kappa shape index (κ2) is 6.93. The van der Waals surface area contributed by atoms with E-state index in [2.05, 4.69) is 11.0 Å². The summed E-state index contributed by atoms with van der Waals surface area (Å²) in [5.41, 5.74) is 1.04. The summed E-state index contributed by atoms with van der Waals surface area (Å²) in [6.45, 7) is 3.07. The van der Waals surface area contributed by atoms with E-state index in [9.17, 15) is 5.11 Å². The Bertz CT molecular complexity index is 563. The molecule has 1 aliphatic rings. The van der Waals surface area contributed by atoms with E-state index in [-0.39, 0.29) is 6.10 Å². The van der Waals surface area contributed by atoms with Gasteiger partial charge in [-0.15, -0.1) is 11.3 Å². The van der Waals surface area contributed by atoms with Crippen molar-refractivity contribution in [3.8, 4) is 0 Å². The number of aliphatic hydroxyl groups is 1. The van der Waals surface area contributed by atoms with Gasteiger partial charge in [-0.05, 0) is 49.5 Å². The highest BCUT2D eigenvalue weighted by Gasteiger charge is 2.26. The zero-order valence-corrected chi connectivity index (χ0v) is 13.5. The number of benzene rings is 1. The number of thiophene rings is 1. The Morgan fingerprint density at radius 1 is 1.14 bits per heavy atom. The fourth-order valence-electron chi connectivity index (χ4n) is 3.01. The number of halogens is 1. The predicted octanol–water partition coefficient (Wildman–Crippen LogP) is 4.35. The molecule has 1 atom stereocenters. The molecular weight excluding hydrogens is 302 g/mol. The van der Waals surface area contributed by atoms with Crippen molar-refractivity contribution < 1.29 is 5.11 Å². The van der Waals surface area contributed by atoms with Crippen LogP contribution in [0.4, 0.5) is 0 Å². The third-order valence-electron chi connectivity index (χ3n) is 4.23. The molecule has 112 valence electrons. The van der Waals surface area contributed by atoms with E-state index >= 15 is 0 Å². The summed E-state index contributed by atoms with van der Waals surface area (Å²) in [7, 11) is 0. The molecule has 4 heteroatoms. The highest BCUT2D eigenvalue weighted by molar-refractivity contribution is 7.16. The molecule has 1 saturated heterocycles. The van der Waals surface area contributed by atoms with Crippen LogP contribution >= 0.6 is 22.9 Å². The van der Waals surface area contributed by atoms with E-state index in [1.54, 1.807) is 11.3 Å². The van der Waals surface area contributed by atoms with Gasteiger partial charge in [0.2, 0.25) is 0 Å². The number of likely N-dealkylation sites (tertiary alicyclic amines) is 1. The van der Waals surface area contributed by atoms with Crippen LogP contribution in [-0.2, 0) is 6.54 Å². The fraction of sp³-hybridized carbons (Fsp3) is 0.412. The van der Waals surface area contributed by atoms with Crippen molar-refractivity contribution in [2.75, 3.05) is 13.1 Å². The van der Waals surface area contributed by atoms with Gasteiger partial charge in [-0.25, -0.2) is 0 Å². The molecule has 3 rings (SSSR count). The monoisotopic (exact) mass is 321 g/mol. The van der Waals surface area contributed by atoms with E-state index in [0.29, 0.717) is 5.92 Å². The Hall–Kier alpha value is -0.870. The van der Waals surface area contributed by atoms with E-state index in [1.807, 2.05) is 36.4 Å². The maximum absolute atomic E-state index is 10.5. The maximum Gasteiger partial charge on any atom is 0.0931 e. The number of hydrogen-bond donors (Lipinski definition) is 1. The summed E-state index contributed by atoms with van der Waals surface area (Å²) in [5.74, 6) is 0.371. The van der Waals surface area contributed by atoms with Crippen LogP contribution in [0.1, 0.15) is 29.4 Å². The lowest BCUT2D eigenvalue weighted by Gasteiger charge is -2.34. The second-order valence-corrected chi connectivity index (χ2v) is 7.47. The zero-order chi connectivity index (χ0) is 14.7. The standard InChI is InChI=1S/C17H20ClNOS/c18-16-7-6-15(21-16)12-19-10-8-14(9-11-19)17(20)13-4-2-1-3-5-13/h1-7,14,17,20H,8-12H2. The summed E-state index contributed by atoms with van der Waals surface area (Å²) >= 11 is 7.64. The summed E-state index contributed by atoms with van der Waals surface area (Å²) in [6, 6.07) is 14.1. The predicted molar refractivity (Wildman–Crippen MR) is 88.7 cm³/mol. The van der Waals surface area contributed by atoms with Crippen LogP contribution in [0.3, 0.4) is 0 Å². The van der Waals surface area contributed by atoms with Crippen LogP contribution < -0.4 is 0 Å². The van der Waals surface area contributed by atoms with Gasteiger partial charge in [0.25, 0.3) is 0 Å². The minimum Gasteiger partial charge on any atom is -0.388 e. The third kappa shape index (κ3) is 3.86. The van der Waals surface area contributed by atoms with Crippen LogP contribution in [0.2, 0.25) is 4.34 Å². The molecular formula is C17H20ClNOS. The molecule has 1 aliphatic heterocycles. The Labute approximate surface area is 135 Å². The van der Waals surface area contributed by atoms with Crippen molar-refractivity contribution in [3.05, 3.63) is 57.2 Å². The second-order valence-electron chi connectivity index (χ2n) is 5.67. The molecule has 0 saturated carbocycles. The average Bonchev–Trinajstić information content (AvgIpc) is 2.93. The normalized spacial score (nSPS) is 18.8. The SMILES string of the molecule is OC(c1ccccc1)C1CCN(Cc2ccc(Cl)s2)CC1. The number of rotatable bonds is 4. The topological polar surface area (TPSA) is 23.5 Å². The molecule has 1 aromatic heterocycles. The summed E-state index contributed by atoms with van der Waals surface area (Å²) in [6.07, 6.45) is 1.77. The Kier molecular flexibility index (Phi) is 4.96. The van der Waals surface area contributed by atoms with E-state index in [0.717, 1.165) is 42.4 Å². The highest BCUT2D eigenvalue weighted by Crippen LogP contribution is 2.31. The van der Waals surface area contributed by atoms with Crippen molar-refractivity contribution in [3.63, 3.8) is 0 Å². The quantitative estimate of drug-likeness (QED) is 0.905. The lowest BCUT2D eigenvalue weighted by atomic mass is 9.87. The first kappa shape index (κ1) is 15.0. The first-order valence-electron chi connectivity index (χ1n) is 7.42.